The Hall–Kier alpha value is -7.74. The monoisotopic (exact) mass is 1250 g/mol. The second kappa shape index (κ2) is 26.4. The first-order valence-corrected chi connectivity index (χ1v) is 33.6. The van der Waals surface area contributed by atoms with Gasteiger partial charge in [0.25, 0.3) is 0 Å². The van der Waals surface area contributed by atoms with Crippen LogP contribution in [-0.4, -0.2) is 19.9 Å². The Bertz CT molecular complexity index is 5010. The van der Waals surface area contributed by atoms with Crippen molar-refractivity contribution in [2.45, 2.75) is 129 Å². The van der Waals surface area contributed by atoms with Crippen LogP contribution in [0.15, 0.2) is 128 Å². The fourth-order valence-electron chi connectivity index (χ4n) is 11.6. The van der Waals surface area contributed by atoms with Gasteiger partial charge in [0.15, 0.2) is 24.8 Å². The molecule has 0 saturated carbocycles. The van der Waals surface area contributed by atoms with Crippen molar-refractivity contribution in [3.05, 3.63) is 210 Å². The smallest absolute Gasteiger partial charge is 0.214 e. The van der Waals surface area contributed by atoms with Crippen LogP contribution in [-0.2, 0) is 28.2 Å². The molecule has 8 aromatic heterocycles. The standard InChI is InChI=1S/C22H21N2S.2C19H23N2S.C17H19N2S/c1-14-10-15(2)16(3)18(11-14)20-12-21-19(13-24(20)4)23-22(25-21)17-8-6-5-7-9-17;2*1-11(2)19-20-16-10-21(6)17(9-18(16)22-19)15-8-12(3)7-13(4)14(15)5;1-10-6-11(2)12(3)14(7-10)16-8-17-15(9-19(16)5)18-13(4)20-17/h5-13H,1-4H3;2*7-11H,1-6H3;6-9H,1-5H3/q4*+1/i;1D3,11D;;. The molecule has 0 saturated heterocycles. The minimum Gasteiger partial charge on any atom is -0.235 e. The number of fused-ring (bicyclic) bond motifs is 4. The summed E-state index contributed by atoms with van der Waals surface area (Å²) < 4.78 is 44.5. The Balaban J connectivity index is 0.000000136. The molecule has 0 N–H and O–H groups in total. The van der Waals surface area contributed by atoms with Gasteiger partial charge in [0.1, 0.15) is 55.3 Å². The van der Waals surface area contributed by atoms with Crippen LogP contribution in [0.1, 0.15) is 127 Å². The van der Waals surface area contributed by atoms with Gasteiger partial charge in [-0.3, -0.25) is 0 Å². The number of rotatable bonds is 7. The molecule has 0 aliphatic heterocycles. The molecule has 8 nitrogen and oxygen atoms in total. The molecule has 0 aliphatic rings. The number of hydrogen-bond acceptors (Lipinski definition) is 8. The van der Waals surface area contributed by atoms with Crippen LogP contribution < -0.4 is 18.3 Å². The van der Waals surface area contributed by atoms with Crippen molar-refractivity contribution in [1.82, 2.24) is 19.9 Å². The second-order valence-corrected chi connectivity index (χ2v) is 28.9. The lowest BCUT2D eigenvalue weighted by molar-refractivity contribution is -0.659. The van der Waals surface area contributed by atoms with Gasteiger partial charge in [0.05, 0.1) is 33.8 Å². The Morgan fingerprint density at radius 3 is 1.08 bits per heavy atom. The third-order valence-corrected chi connectivity index (χ3v) is 21.3. The molecule has 13 rings (SSSR count). The average molecular weight is 1260 g/mol. The lowest BCUT2D eigenvalue weighted by atomic mass is 9.97. The zero-order chi connectivity index (χ0) is 67.4. The van der Waals surface area contributed by atoms with Crippen LogP contribution in [0.3, 0.4) is 0 Å². The first kappa shape index (κ1) is 58.9. The van der Waals surface area contributed by atoms with E-state index in [0.29, 0.717) is 10.9 Å². The van der Waals surface area contributed by atoms with E-state index < -0.39 is 12.7 Å². The highest BCUT2D eigenvalue weighted by Gasteiger charge is 2.23. The van der Waals surface area contributed by atoms with Gasteiger partial charge < -0.3 is 0 Å². The molecule has 1 unspecified atom stereocenters. The molecule has 5 aromatic carbocycles. The Labute approximate surface area is 549 Å². The minimum absolute atomic E-state index is 0.321. The molecule has 0 radical (unpaired) electrons. The molecule has 0 fully saturated rings. The number of pyridine rings is 4. The van der Waals surface area contributed by atoms with Gasteiger partial charge in [-0.15, -0.1) is 45.3 Å². The second-order valence-electron chi connectivity index (χ2n) is 24.6. The summed E-state index contributed by atoms with van der Waals surface area (Å²) in [5.41, 5.74) is 30.7. The van der Waals surface area contributed by atoms with E-state index in [-0.39, 0.29) is 0 Å². The van der Waals surface area contributed by atoms with Crippen molar-refractivity contribution >= 4 is 86.2 Å². The highest BCUT2D eigenvalue weighted by molar-refractivity contribution is 7.21. The highest BCUT2D eigenvalue weighted by Crippen LogP contribution is 2.36. The summed E-state index contributed by atoms with van der Waals surface area (Å²) in [4.78, 5) is 18.6. The predicted octanol–water partition coefficient (Wildman–Crippen LogP) is 19.1. The fraction of sp³-hybridized carbons (Fsp3) is 0.299. The maximum Gasteiger partial charge on any atom is 0.214 e. The molecule has 0 amide bonds. The third kappa shape index (κ3) is 13.9. The van der Waals surface area contributed by atoms with E-state index in [1.54, 1.807) is 22.7 Å². The number of benzene rings is 5. The largest absolute Gasteiger partial charge is 0.235 e. The van der Waals surface area contributed by atoms with Gasteiger partial charge in [-0.1, -0.05) is 104 Å². The Kier molecular flexibility index (Phi) is 17.5. The first-order valence-electron chi connectivity index (χ1n) is 32.3. The Morgan fingerprint density at radius 1 is 0.382 bits per heavy atom. The molecule has 13 aromatic rings. The number of aromatic nitrogens is 8. The summed E-state index contributed by atoms with van der Waals surface area (Å²) in [6, 6.07) is 37.2. The summed E-state index contributed by atoms with van der Waals surface area (Å²) in [6.07, 6.45) is 8.34. The van der Waals surface area contributed by atoms with Crippen LogP contribution in [0, 0.1) is 90.0 Å². The summed E-state index contributed by atoms with van der Waals surface area (Å²) in [5, 5.41) is 3.73. The lowest BCUT2D eigenvalue weighted by Gasteiger charge is -2.09. The highest BCUT2D eigenvalue weighted by atomic mass is 32.1. The molecular weight excluding hydrogens is 1170 g/mol. The lowest BCUT2D eigenvalue weighted by Crippen LogP contribution is -2.30. The number of aryl methyl sites for hydroxylation is 13. The van der Waals surface area contributed by atoms with E-state index in [2.05, 4.69) is 258 Å². The summed E-state index contributed by atoms with van der Waals surface area (Å²) in [6.45, 7) is 31.4. The van der Waals surface area contributed by atoms with E-state index in [1.807, 2.05) is 41.3 Å². The average Bonchev–Trinajstić information content (AvgIpc) is 1.75. The van der Waals surface area contributed by atoms with Crippen LogP contribution in [0.5, 0.6) is 0 Å². The molecule has 1 atom stereocenters. The van der Waals surface area contributed by atoms with Crippen molar-refractivity contribution in [3.8, 4) is 55.6 Å². The van der Waals surface area contributed by atoms with E-state index in [1.165, 1.54) is 143 Å². The van der Waals surface area contributed by atoms with Crippen LogP contribution >= 0.6 is 45.3 Å². The van der Waals surface area contributed by atoms with Gasteiger partial charge in [-0.25, -0.2) is 19.9 Å². The third-order valence-electron chi connectivity index (χ3n) is 16.9. The first-order chi connectivity index (χ1) is 43.8. The quantitative estimate of drug-likeness (QED) is 0.149. The summed E-state index contributed by atoms with van der Waals surface area (Å²) in [7, 11) is 8.28. The maximum atomic E-state index is 8.29. The van der Waals surface area contributed by atoms with Gasteiger partial charge in [0, 0.05) is 69.4 Å². The van der Waals surface area contributed by atoms with Crippen molar-refractivity contribution in [1.29, 1.82) is 0 Å². The predicted molar refractivity (Wildman–Crippen MR) is 380 cm³/mol. The normalized spacial score (nSPS) is 12.9. The number of nitrogens with zero attached hydrogens (tertiary/aromatic N) is 8. The molecule has 0 aliphatic carbocycles. The van der Waals surface area contributed by atoms with E-state index in [4.69, 9.17) is 15.5 Å². The van der Waals surface area contributed by atoms with Crippen molar-refractivity contribution in [2.75, 3.05) is 0 Å². The van der Waals surface area contributed by atoms with E-state index in [9.17, 15) is 0 Å². The summed E-state index contributed by atoms with van der Waals surface area (Å²) in [5.74, 6) is -1.24. The molecule has 0 spiro atoms. The number of thiazole rings is 4. The van der Waals surface area contributed by atoms with Crippen molar-refractivity contribution in [2.24, 2.45) is 28.2 Å². The van der Waals surface area contributed by atoms with Gasteiger partial charge in [0.2, 0.25) is 22.8 Å². The molecule has 89 heavy (non-hydrogen) atoms. The molecule has 454 valence electrons. The van der Waals surface area contributed by atoms with Crippen LogP contribution in [0.25, 0.3) is 96.5 Å². The van der Waals surface area contributed by atoms with Crippen LogP contribution in [0.4, 0.5) is 0 Å². The van der Waals surface area contributed by atoms with E-state index in [0.717, 1.165) is 48.0 Å². The molecule has 0 bridgehead atoms. The van der Waals surface area contributed by atoms with Gasteiger partial charge >= 0.3 is 0 Å². The Morgan fingerprint density at radius 2 is 0.708 bits per heavy atom. The molecular formula is C77H86N8S4+4. The topological polar surface area (TPSA) is 67.1 Å². The number of hydrogen-bond donors (Lipinski definition) is 0. The SMILES string of the molecule is Cc1cc(C)c(C)c(-c2cc3sc(-c4ccccc4)nc3c[n+]2C)c1.Cc1cc(C)c(C)c(-c2cc3sc(C(C)C)nc3c[n+]2C)c1.Cc1cc(C)c(C)c(-c2cc3sc(C)nc3c[n+]2C)c1.[2H]C([2H])([2H])C([2H])(C)c1nc2c[n+](C)c(-c3cc(C)cc(C)c3C)cc2s1. The maximum absolute atomic E-state index is 8.29. The fourth-order valence-corrected chi connectivity index (χ4v) is 15.3. The zero-order valence-electron chi connectivity index (χ0n) is 59.4. The summed E-state index contributed by atoms with van der Waals surface area (Å²) >= 11 is 6.62. The van der Waals surface area contributed by atoms with Crippen molar-refractivity contribution in [3.63, 3.8) is 0 Å². The van der Waals surface area contributed by atoms with E-state index >= 15 is 0 Å². The molecule has 8 heterocycles. The van der Waals surface area contributed by atoms with Gasteiger partial charge in [-0.2, -0.15) is 18.3 Å². The zero-order valence-corrected chi connectivity index (χ0v) is 58.7. The van der Waals surface area contributed by atoms with Gasteiger partial charge in [-0.05, 0) is 159 Å². The molecule has 12 heteroatoms. The van der Waals surface area contributed by atoms with Crippen molar-refractivity contribution < 1.29 is 23.8 Å². The minimum atomic E-state index is -2.42. The van der Waals surface area contributed by atoms with Crippen LogP contribution in [0.2, 0.25) is 0 Å².